The van der Waals surface area contributed by atoms with Gasteiger partial charge in [0.1, 0.15) is 23.8 Å². The Morgan fingerprint density at radius 1 is 1.00 bits per heavy atom. The summed E-state index contributed by atoms with van der Waals surface area (Å²) in [5, 5.41) is 12.6. The van der Waals surface area contributed by atoms with E-state index in [2.05, 4.69) is 5.32 Å². The van der Waals surface area contributed by atoms with Crippen molar-refractivity contribution in [2.24, 2.45) is 5.92 Å². The molecule has 0 radical (unpaired) electrons. The van der Waals surface area contributed by atoms with Gasteiger partial charge in [-0.05, 0) is 116 Å². The highest BCUT2D eigenvalue weighted by atomic mass is 19.1. The van der Waals surface area contributed by atoms with Crippen LogP contribution in [0.3, 0.4) is 0 Å². The number of pyridine rings is 1. The topological polar surface area (TPSA) is 91.6 Å². The average molecular weight is 640 g/mol. The summed E-state index contributed by atoms with van der Waals surface area (Å²) in [6.07, 6.45) is 1.57. The van der Waals surface area contributed by atoms with E-state index in [4.69, 9.17) is 0 Å². The highest BCUT2D eigenvalue weighted by Crippen LogP contribution is 2.34. The van der Waals surface area contributed by atoms with Gasteiger partial charge in [-0.15, -0.1) is 0 Å². The summed E-state index contributed by atoms with van der Waals surface area (Å²) in [6.45, 7) is 12.3. The molecule has 3 atom stereocenters. The lowest BCUT2D eigenvalue weighted by Crippen LogP contribution is -2.40. The summed E-state index contributed by atoms with van der Waals surface area (Å²) in [6, 6.07) is 5.14. The molecular weight excluding hydrogens is 595 g/mol. The summed E-state index contributed by atoms with van der Waals surface area (Å²) in [5.74, 6) is -2.91. The van der Waals surface area contributed by atoms with Gasteiger partial charge in [0, 0.05) is 37.5 Å². The Bertz CT molecular complexity index is 1650. The Kier molecular flexibility index (Phi) is 11.1. The minimum absolute atomic E-state index is 0.00843. The number of amides is 1. The van der Waals surface area contributed by atoms with E-state index in [1.165, 1.54) is 28.8 Å². The number of likely N-dealkylation sites (tertiary alicyclic amines) is 1. The normalized spacial score (nSPS) is 16.5. The van der Waals surface area contributed by atoms with Crippen molar-refractivity contribution < 1.29 is 27.9 Å². The molecule has 1 saturated heterocycles. The number of carboxylic acids is 1. The van der Waals surface area contributed by atoms with Crippen molar-refractivity contribution >= 4 is 11.9 Å². The molecule has 2 aromatic carbocycles. The maximum absolute atomic E-state index is 15.8. The van der Waals surface area contributed by atoms with Crippen molar-refractivity contribution in [3.8, 4) is 11.1 Å². The molecule has 1 unspecified atom stereocenters. The third-order valence-corrected chi connectivity index (χ3v) is 8.78. The zero-order chi connectivity index (χ0) is 33.9. The maximum Gasteiger partial charge on any atom is 0.305 e. The van der Waals surface area contributed by atoms with Crippen LogP contribution in [0.2, 0.25) is 0 Å². The second kappa shape index (κ2) is 14.7. The van der Waals surface area contributed by atoms with Gasteiger partial charge in [-0.2, -0.15) is 0 Å². The van der Waals surface area contributed by atoms with Crippen LogP contribution < -0.4 is 10.9 Å². The number of hydrogen-bond acceptors (Lipinski definition) is 4. The minimum atomic E-state index is -1.25. The molecule has 10 heteroatoms. The van der Waals surface area contributed by atoms with E-state index in [0.717, 1.165) is 11.1 Å². The number of carbonyl (C=O) groups excluding carboxylic acids is 1. The molecule has 1 aromatic heterocycles. The number of benzene rings is 2. The van der Waals surface area contributed by atoms with Crippen LogP contribution in [0.15, 0.2) is 41.3 Å². The fourth-order valence-corrected chi connectivity index (χ4v) is 6.49. The fourth-order valence-electron chi connectivity index (χ4n) is 6.49. The van der Waals surface area contributed by atoms with Gasteiger partial charge >= 0.3 is 5.97 Å². The van der Waals surface area contributed by atoms with Gasteiger partial charge in [0.15, 0.2) is 0 Å². The summed E-state index contributed by atoms with van der Waals surface area (Å²) in [5.41, 5.74) is 4.01. The number of rotatable bonds is 12. The van der Waals surface area contributed by atoms with Gasteiger partial charge in [-0.1, -0.05) is 13.8 Å². The van der Waals surface area contributed by atoms with Crippen LogP contribution in [0.5, 0.6) is 0 Å². The Morgan fingerprint density at radius 3 is 2.26 bits per heavy atom. The van der Waals surface area contributed by atoms with E-state index in [9.17, 15) is 28.3 Å². The van der Waals surface area contributed by atoms with Crippen LogP contribution in [0.1, 0.15) is 78.6 Å². The molecule has 4 rings (SSSR count). The largest absolute Gasteiger partial charge is 0.481 e. The highest BCUT2D eigenvalue weighted by Gasteiger charge is 2.30. The van der Waals surface area contributed by atoms with Crippen molar-refractivity contribution in [1.29, 1.82) is 0 Å². The average Bonchev–Trinajstić information content (AvgIpc) is 3.36. The number of aliphatic carboxylic acids is 1. The Morgan fingerprint density at radius 2 is 1.67 bits per heavy atom. The molecule has 0 saturated carbocycles. The lowest BCUT2D eigenvalue weighted by atomic mass is 9.90. The van der Waals surface area contributed by atoms with Crippen molar-refractivity contribution in [1.82, 2.24) is 14.8 Å². The number of nitrogens with one attached hydrogen (secondary N) is 1. The fraction of sp³-hybridized carbons (Fsp3) is 0.472. The van der Waals surface area contributed by atoms with Crippen LogP contribution in [-0.2, 0) is 16.0 Å². The smallest absolute Gasteiger partial charge is 0.305 e. The SMILES string of the molecule is Cc1cc(=O)n(C(CC(C)C)C(=O)N[C@@H](CC(=O)O)c2cc(-c3c(C)cc(F)cc3C)cc(C)c2F)cc1CCN1CC[C@@H](F)C1. The molecule has 0 bridgehead atoms. The van der Waals surface area contributed by atoms with Crippen LogP contribution in [0.4, 0.5) is 13.2 Å². The summed E-state index contributed by atoms with van der Waals surface area (Å²) in [7, 11) is 0. The number of aromatic nitrogens is 1. The van der Waals surface area contributed by atoms with E-state index in [1.54, 1.807) is 33.0 Å². The number of carboxylic acid groups (broad SMARTS) is 1. The number of alkyl halides is 1. The number of halogens is 3. The van der Waals surface area contributed by atoms with Crippen LogP contribution >= 0.6 is 0 Å². The zero-order valence-electron chi connectivity index (χ0n) is 27.4. The van der Waals surface area contributed by atoms with Crippen LogP contribution in [0.25, 0.3) is 11.1 Å². The second-order valence-corrected chi connectivity index (χ2v) is 13.1. The van der Waals surface area contributed by atoms with Crippen molar-refractivity contribution in [2.45, 2.75) is 85.5 Å². The first-order valence-electron chi connectivity index (χ1n) is 15.8. The molecule has 3 aromatic rings. The first-order chi connectivity index (χ1) is 21.6. The van der Waals surface area contributed by atoms with Gasteiger partial charge in [-0.25, -0.2) is 13.2 Å². The van der Waals surface area contributed by atoms with E-state index >= 15 is 4.39 Å². The second-order valence-electron chi connectivity index (χ2n) is 13.1. The third kappa shape index (κ3) is 8.26. The van der Waals surface area contributed by atoms with Crippen molar-refractivity contribution in [3.63, 3.8) is 0 Å². The van der Waals surface area contributed by atoms with Gasteiger partial charge in [0.2, 0.25) is 5.91 Å². The lowest BCUT2D eigenvalue weighted by Gasteiger charge is -2.26. The van der Waals surface area contributed by atoms with Gasteiger partial charge in [-0.3, -0.25) is 14.4 Å². The standard InChI is InChI=1S/C36H44F3N3O4/c1-20(2)11-31(42-18-25(21(3)15-32(42)43)7-9-41-10-8-27(37)19-41)36(46)40-30(17-33(44)45)29-16-26(12-24(6)35(29)39)34-22(4)13-28(38)14-23(34)5/h12-16,18,20,27,30-31H,7-11,17,19H2,1-6H3,(H,40,46)(H,44,45)/t27-,30+,31?/m1/s1. The van der Waals surface area contributed by atoms with Gasteiger partial charge in [0.25, 0.3) is 5.56 Å². The Balaban J connectivity index is 1.71. The predicted octanol–water partition coefficient (Wildman–Crippen LogP) is 6.53. The molecule has 7 nitrogen and oxygen atoms in total. The molecule has 1 aliphatic heterocycles. The van der Waals surface area contributed by atoms with E-state index in [0.29, 0.717) is 54.7 Å². The minimum Gasteiger partial charge on any atom is -0.481 e. The van der Waals surface area contributed by atoms with Gasteiger partial charge in [0.05, 0.1) is 12.5 Å². The predicted molar refractivity (Wildman–Crippen MR) is 173 cm³/mol. The molecule has 2 N–H and O–H groups in total. The van der Waals surface area contributed by atoms with E-state index < -0.39 is 48.2 Å². The first kappa shape index (κ1) is 34.9. The molecule has 1 aliphatic rings. The quantitative estimate of drug-likeness (QED) is 0.235. The molecule has 46 heavy (non-hydrogen) atoms. The number of nitrogens with zero attached hydrogens (tertiary/aromatic N) is 2. The Hall–Kier alpha value is -3.92. The molecular formula is C36H44F3N3O4. The molecule has 248 valence electrons. The molecule has 0 spiro atoms. The number of aryl methyl sites for hydroxylation is 4. The number of hydrogen-bond donors (Lipinski definition) is 2. The Labute approximate surface area is 268 Å². The van der Waals surface area contributed by atoms with Crippen LogP contribution in [0, 0.1) is 45.2 Å². The molecule has 2 heterocycles. The maximum atomic E-state index is 15.8. The summed E-state index contributed by atoms with van der Waals surface area (Å²) < 4.78 is 44.9. The van der Waals surface area contributed by atoms with E-state index in [-0.39, 0.29) is 29.0 Å². The lowest BCUT2D eigenvalue weighted by molar-refractivity contribution is -0.138. The monoisotopic (exact) mass is 639 g/mol. The van der Waals surface area contributed by atoms with E-state index in [1.807, 2.05) is 25.7 Å². The number of carbonyl (C=O) groups is 2. The summed E-state index contributed by atoms with van der Waals surface area (Å²) >= 11 is 0. The van der Waals surface area contributed by atoms with Crippen molar-refractivity contribution in [2.75, 3.05) is 19.6 Å². The van der Waals surface area contributed by atoms with Crippen molar-refractivity contribution in [3.05, 3.63) is 91.9 Å². The first-order valence-corrected chi connectivity index (χ1v) is 15.8. The molecule has 1 amide bonds. The van der Waals surface area contributed by atoms with Crippen LogP contribution in [-0.4, -0.2) is 52.3 Å². The van der Waals surface area contributed by atoms with Gasteiger partial charge < -0.3 is 19.9 Å². The zero-order valence-corrected chi connectivity index (χ0v) is 27.4. The summed E-state index contributed by atoms with van der Waals surface area (Å²) in [4.78, 5) is 41.4. The highest BCUT2D eigenvalue weighted by molar-refractivity contribution is 5.82. The third-order valence-electron chi connectivity index (χ3n) is 8.78. The molecule has 1 fully saturated rings. The molecule has 0 aliphatic carbocycles.